The first-order valence-corrected chi connectivity index (χ1v) is 10.6. The van der Waals surface area contributed by atoms with Crippen LogP contribution in [0.4, 0.5) is 0 Å². The van der Waals surface area contributed by atoms with Crippen LogP contribution in [-0.4, -0.2) is 21.4 Å². The van der Waals surface area contributed by atoms with Crippen LogP contribution in [0, 0.1) is 11.8 Å². The highest BCUT2D eigenvalue weighted by molar-refractivity contribution is 5.24. The minimum absolute atomic E-state index is 0.394. The molecule has 0 aromatic rings. The van der Waals surface area contributed by atoms with Crippen LogP contribution in [0.1, 0.15) is 77.0 Å². The Morgan fingerprint density at radius 3 is 1.42 bits per heavy atom. The molecule has 2 N–H and O–H groups in total. The molecule has 2 heteroatoms. The largest absolute Gasteiger partial charge is 0.385 e. The molecule has 0 radical (unpaired) electrons. The van der Waals surface area contributed by atoms with E-state index in [-0.39, 0.29) is 0 Å². The summed E-state index contributed by atoms with van der Waals surface area (Å²) in [5.41, 5.74) is 1.84. The van der Waals surface area contributed by atoms with Crippen molar-refractivity contribution in [2.75, 3.05) is 0 Å². The quantitative estimate of drug-likeness (QED) is 0.641. The van der Waals surface area contributed by atoms with Crippen LogP contribution in [0.2, 0.25) is 0 Å². The first-order valence-electron chi connectivity index (χ1n) is 10.6. The fraction of sp³-hybridized carbons (Fsp3) is 0.667. The molecule has 2 nitrogen and oxygen atoms in total. The van der Waals surface area contributed by atoms with Gasteiger partial charge >= 0.3 is 0 Å². The van der Waals surface area contributed by atoms with Crippen LogP contribution < -0.4 is 0 Å². The SMILES string of the molecule is C=C[C@@]1(O)CC[C@H]1C1=CCCCC1.C=C[C@]1(O)CC[C@@H]1C1=CCCCC1. The molecule has 4 aliphatic carbocycles. The Morgan fingerprint density at radius 2 is 1.19 bits per heavy atom. The van der Waals surface area contributed by atoms with Crippen molar-refractivity contribution >= 4 is 0 Å². The summed E-state index contributed by atoms with van der Waals surface area (Å²) in [6.07, 6.45) is 22.3. The van der Waals surface area contributed by atoms with E-state index in [1.807, 2.05) is 0 Å². The Labute approximate surface area is 159 Å². The second kappa shape index (κ2) is 8.27. The summed E-state index contributed by atoms with van der Waals surface area (Å²) in [5.74, 6) is 0.788. The Hall–Kier alpha value is -1.12. The first-order chi connectivity index (χ1) is 12.5. The van der Waals surface area contributed by atoms with Crippen molar-refractivity contribution in [2.24, 2.45) is 11.8 Å². The molecular formula is C24H36O2. The molecule has 4 aliphatic rings. The molecular weight excluding hydrogens is 320 g/mol. The van der Waals surface area contributed by atoms with Crippen molar-refractivity contribution in [3.05, 3.63) is 48.6 Å². The molecule has 2 saturated carbocycles. The molecule has 0 amide bonds. The van der Waals surface area contributed by atoms with Crippen LogP contribution >= 0.6 is 0 Å². The topological polar surface area (TPSA) is 40.5 Å². The van der Waals surface area contributed by atoms with Gasteiger partial charge in [-0.3, -0.25) is 0 Å². The van der Waals surface area contributed by atoms with Gasteiger partial charge in [-0.1, -0.05) is 35.5 Å². The van der Waals surface area contributed by atoms with Gasteiger partial charge in [-0.25, -0.2) is 0 Å². The van der Waals surface area contributed by atoms with Crippen molar-refractivity contribution in [3.8, 4) is 0 Å². The van der Waals surface area contributed by atoms with E-state index in [4.69, 9.17) is 0 Å². The Kier molecular flexibility index (Phi) is 6.25. The summed E-state index contributed by atoms with van der Waals surface area (Å²) in [7, 11) is 0. The zero-order valence-corrected chi connectivity index (χ0v) is 16.3. The van der Waals surface area contributed by atoms with Gasteiger partial charge in [-0.05, 0) is 77.0 Å². The van der Waals surface area contributed by atoms with Crippen molar-refractivity contribution in [3.63, 3.8) is 0 Å². The first kappa shape index (κ1) is 19.6. The van der Waals surface area contributed by atoms with Crippen LogP contribution in [0.3, 0.4) is 0 Å². The molecule has 4 rings (SSSR count). The third kappa shape index (κ3) is 3.92. The van der Waals surface area contributed by atoms with Gasteiger partial charge in [0.1, 0.15) is 0 Å². The lowest BCUT2D eigenvalue weighted by Gasteiger charge is -2.45. The van der Waals surface area contributed by atoms with Gasteiger partial charge in [0.2, 0.25) is 0 Å². The van der Waals surface area contributed by atoms with Gasteiger partial charge in [0.05, 0.1) is 11.2 Å². The zero-order chi connectivity index (χ0) is 18.6. The molecule has 0 aromatic carbocycles. The number of aliphatic hydroxyl groups is 2. The van der Waals surface area contributed by atoms with Crippen LogP contribution in [-0.2, 0) is 0 Å². The molecule has 2 fully saturated rings. The predicted molar refractivity (Wildman–Crippen MR) is 109 cm³/mol. The summed E-state index contributed by atoms with van der Waals surface area (Å²) in [4.78, 5) is 0. The van der Waals surface area contributed by atoms with Gasteiger partial charge in [0.25, 0.3) is 0 Å². The molecule has 0 bridgehead atoms. The van der Waals surface area contributed by atoms with Crippen molar-refractivity contribution in [1.29, 1.82) is 0 Å². The normalized spacial score (nSPS) is 39.2. The molecule has 0 spiro atoms. The number of hydrogen-bond acceptors (Lipinski definition) is 2. The van der Waals surface area contributed by atoms with E-state index in [2.05, 4.69) is 25.3 Å². The molecule has 4 atom stereocenters. The molecule has 144 valence electrons. The maximum absolute atomic E-state index is 10.1. The maximum atomic E-state index is 10.1. The van der Waals surface area contributed by atoms with Crippen molar-refractivity contribution < 1.29 is 10.2 Å². The lowest BCUT2D eigenvalue weighted by atomic mass is 9.64. The van der Waals surface area contributed by atoms with Gasteiger partial charge < -0.3 is 10.2 Å². The highest BCUT2D eigenvalue weighted by Gasteiger charge is 2.45. The number of allylic oxidation sites excluding steroid dienone is 2. The van der Waals surface area contributed by atoms with E-state index in [0.29, 0.717) is 11.8 Å². The molecule has 0 saturated heterocycles. The third-order valence-electron chi connectivity index (χ3n) is 7.13. The van der Waals surface area contributed by atoms with E-state index in [9.17, 15) is 10.2 Å². The van der Waals surface area contributed by atoms with Crippen molar-refractivity contribution in [1.82, 2.24) is 0 Å². The van der Waals surface area contributed by atoms with Gasteiger partial charge in [0, 0.05) is 11.8 Å². The molecule has 0 aliphatic heterocycles. The summed E-state index contributed by atoms with van der Waals surface area (Å²) in [6, 6.07) is 0. The highest BCUT2D eigenvalue weighted by atomic mass is 16.3. The monoisotopic (exact) mass is 356 g/mol. The lowest BCUT2D eigenvalue weighted by Crippen LogP contribution is -2.46. The highest BCUT2D eigenvalue weighted by Crippen LogP contribution is 2.47. The van der Waals surface area contributed by atoms with Crippen LogP contribution in [0.15, 0.2) is 48.6 Å². The fourth-order valence-electron chi connectivity index (χ4n) is 5.03. The molecule has 0 unspecified atom stereocenters. The van der Waals surface area contributed by atoms with E-state index in [1.54, 1.807) is 12.2 Å². The average Bonchev–Trinajstić information content (AvgIpc) is 2.67. The minimum Gasteiger partial charge on any atom is -0.385 e. The Morgan fingerprint density at radius 1 is 0.769 bits per heavy atom. The lowest BCUT2D eigenvalue weighted by molar-refractivity contribution is -0.0355. The number of hydrogen-bond donors (Lipinski definition) is 2. The van der Waals surface area contributed by atoms with E-state index >= 15 is 0 Å². The standard InChI is InChI=1S/2C12H18O/c2*1-2-12(13)9-8-11(12)10-6-4-3-5-7-10/h2*2,6,11,13H,1,3-5,7-9H2/t2*11-,12+/m10/s1. The van der Waals surface area contributed by atoms with Gasteiger partial charge in [-0.2, -0.15) is 0 Å². The second-order valence-electron chi connectivity index (χ2n) is 8.62. The van der Waals surface area contributed by atoms with Gasteiger partial charge in [0.15, 0.2) is 0 Å². The van der Waals surface area contributed by atoms with Crippen LogP contribution in [0.25, 0.3) is 0 Å². The third-order valence-corrected chi connectivity index (χ3v) is 7.13. The minimum atomic E-state index is -0.566. The summed E-state index contributed by atoms with van der Waals surface area (Å²) < 4.78 is 0. The smallest absolute Gasteiger partial charge is 0.0890 e. The summed E-state index contributed by atoms with van der Waals surface area (Å²) in [6.45, 7) is 7.44. The van der Waals surface area contributed by atoms with Gasteiger partial charge in [-0.15, -0.1) is 13.2 Å². The summed E-state index contributed by atoms with van der Waals surface area (Å²) in [5, 5.41) is 20.1. The van der Waals surface area contributed by atoms with E-state index < -0.39 is 11.2 Å². The predicted octanol–water partition coefficient (Wildman–Crippen LogP) is 5.63. The van der Waals surface area contributed by atoms with Crippen molar-refractivity contribution in [2.45, 2.75) is 88.3 Å². The molecule has 26 heavy (non-hydrogen) atoms. The Balaban J connectivity index is 0.000000151. The molecule has 0 heterocycles. The Bertz CT molecular complexity index is 535. The van der Waals surface area contributed by atoms with E-state index in [0.717, 1.165) is 25.7 Å². The van der Waals surface area contributed by atoms with E-state index in [1.165, 1.54) is 62.5 Å². The summed E-state index contributed by atoms with van der Waals surface area (Å²) >= 11 is 0. The fourth-order valence-corrected chi connectivity index (χ4v) is 5.03. The molecule has 0 aromatic heterocycles. The number of rotatable bonds is 4. The van der Waals surface area contributed by atoms with Crippen LogP contribution in [0.5, 0.6) is 0 Å². The zero-order valence-electron chi connectivity index (χ0n) is 16.3. The maximum Gasteiger partial charge on any atom is 0.0890 e. The second-order valence-corrected chi connectivity index (χ2v) is 8.62. The average molecular weight is 357 g/mol.